The molecule has 0 N–H and O–H groups in total. The van der Waals surface area contributed by atoms with E-state index in [1.807, 2.05) is 72.8 Å². The molecule has 2 heterocycles. The highest BCUT2D eigenvalue weighted by Gasteiger charge is 2.05. The summed E-state index contributed by atoms with van der Waals surface area (Å²) in [5.41, 5.74) is 2.69. The largest absolute Gasteiger partial charge is 0.473 e. The quantitative estimate of drug-likeness (QED) is 0.492. The van der Waals surface area contributed by atoms with Crippen molar-refractivity contribution in [1.29, 1.82) is 0 Å². The molecule has 0 saturated heterocycles. The van der Waals surface area contributed by atoms with Crippen LogP contribution in [0.15, 0.2) is 91.4 Å². The van der Waals surface area contributed by atoms with E-state index < -0.39 is 0 Å². The second-order valence-corrected chi connectivity index (χ2v) is 5.82. The zero-order chi connectivity index (χ0) is 18.3. The first-order chi connectivity index (χ1) is 13.4. The summed E-state index contributed by atoms with van der Waals surface area (Å²) in [4.78, 5) is 12.8. The molecule has 132 valence electrons. The van der Waals surface area contributed by atoms with Gasteiger partial charge >= 0.3 is 0 Å². The standard InChI is InChI=1S/C22H17N3O2/c1-3-7-17(8-4-1)15-26-22-13-20(24-16-25-22)18-11-12-21(23-14-18)27-19-9-5-2-6-10-19/h1-14,16H,15H2. The van der Waals surface area contributed by atoms with Crippen molar-refractivity contribution in [2.45, 2.75) is 6.61 Å². The minimum absolute atomic E-state index is 0.458. The van der Waals surface area contributed by atoms with E-state index >= 15 is 0 Å². The molecule has 0 aliphatic rings. The van der Waals surface area contributed by atoms with Crippen LogP contribution in [0.25, 0.3) is 11.3 Å². The maximum Gasteiger partial charge on any atom is 0.219 e. The Hall–Kier alpha value is -3.73. The van der Waals surface area contributed by atoms with Crippen LogP contribution in [0, 0.1) is 0 Å². The van der Waals surface area contributed by atoms with Gasteiger partial charge in [0.15, 0.2) is 0 Å². The average molecular weight is 355 g/mol. The lowest BCUT2D eigenvalue weighted by molar-refractivity contribution is 0.293. The molecular weight excluding hydrogens is 338 g/mol. The van der Waals surface area contributed by atoms with Gasteiger partial charge in [0.05, 0.1) is 5.69 Å². The second-order valence-electron chi connectivity index (χ2n) is 5.82. The van der Waals surface area contributed by atoms with Crippen molar-refractivity contribution >= 4 is 0 Å². The highest BCUT2D eigenvalue weighted by atomic mass is 16.5. The van der Waals surface area contributed by atoms with Crippen LogP contribution in [0.5, 0.6) is 17.5 Å². The number of aromatic nitrogens is 3. The van der Waals surface area contributed by atoms with Gasteiger partial charge in [-0.1, -0.05) is 48.5 Å². The Balaban J connectivity index is 1.45. The summed E-state index contributed by atoms with van der Waals surface area (Å²) in [6, 6.07) is 25.0. The molecule has 0 aliphatic heterocycles. The van der Waals surface area contributed by atoms with Gasteiger partial charge in [-0.2, -0.15) is 0 Å². The van der Waals surface area contributed by atoms with Gasteiger partial charge in [-0.25, -0.2) is 15.0 Å². The lowest BCUT2D eigenvalue weighted by atomic mass is 10.2. The summed E-state index contributed by atoms with van der Waals surface area (Å²) in [5, 5.41) is 0. The maximum atomic E-state index is 5.76. The van der Waals surface area contributed by atoms with Crippen molar-refractivity contribution in [3.8, 4) is 28.8 Å². The van der Waals surface area contributed by atoms with Gasteiger partial charge in [0, 0.05) is 23.9 Å². The summed E-state index contributed by atoms with van der Waals surface area (Å²) in [5.74, 6) is 1.80. The maximum absolute atomic E-state index is 5.76. The number of nitrogens with zero attached hydrogens (tertiary/aromatic N) is 3. The summed E-state index contributed by atoms with van der Waals surface area (Å²) in [7, 11) is 0. The number of pyridine rings is 1. The zero-order valence-corrected chi connectivity index (χ0v) is 14.5. The third-order valence-electron chi connectivity index (χ3n) is 3.87. The van der Waals surface area contributed by atoms with Gasteiger partial charge < -0.3 is 9.47 Å². The van der Waals surface area contributed by atoms with Crippen molar-refractivity contribution in [3.05, 3.63) is 97.0 Å². The van der Waals surface area contributed by atoms with Gasteiger partial charge in [-0.15, -0.1) is 0 Å². The molecular formula is C22H17N3O2. The number of hydrogen-bond acceptors (Lipinski definition) is 5. The van der Waals surface area contributed by atoms with Gasteiger partial charge in [0.2, 0.25) is 11.8 Å². The smallest absolute Gasteiger partial charge is 0.219 e. The van der Waals surface area contributed by atoms with E-state index in [-0.39, 0.29) is 0 Å². The normalized spacial score (nSPS) is 10.4. The molecule has 0 bridgehead atoms. The molecule has 27 heavy (non-hydrogen) atoms. The van der Waals surface area contributed by atoms with Crippen molar-refractivity contribution < 1.29 is 9.47 Å². The van der Waals surface area contributed by atoms with Crippen LogP contribution in [0.4, 0.5) is 0 Å². The minimum Gasteiger partial charge on any atom is -0.473 e. The third-order valence-corrected chi connectivity index (χ3v) is 3.87. The Morgan fingerprint density at radius 3 is 2.22 bits per heavy atom. The molecule has 2 aromatic carbocycles. The molecule has 2 aromatic heterocycles. The van der Waals surface area contributed by atoms with Crippen LogP contribution < -0.4 is 9.47 Å². The van der Waals surface area contributed by atoms with E-state index in [4.69, 9.17) is 9.47 Å². The number of ether oxygens (including phenoxy) is 2. The average Bonchev–Trinajstić information content (AvgIpc) is 2.75. The van der Waals surface area contributed by atoms with Crippen LogP contribution in [-0.2, 0) is 6.61 Å². The highest BCUT2D eigenvalue weighted by Crippen LogP contribution is 2.23. The molecule has 0 amide bonds. The van der Waals surface area contributed by atoms with Crippen molar-refractivity contribution in [3.63, 3.8) is 0 Å². The lowest BCUT2D eigenvalue weighted by Gasteiger charge is -2.07. The molecule has 0 atom stereocenters. The van der Waals surface area contributed by atoms with Crippen LogP contribution >= 0.6 is 0 Å². The van der Waals surface area contributed by atoms with Gasteiger partial charge in [-0.3, -0.25) is 0 Å². The predicted molar refractivity (Wildman–Crippen MR) is 103 cm³/mol. The molecule has 4 rings (SSSR count). The fourth-order valence-electron chi connectivity index (χ4n) is 2.51. The highest BCUT2D eigenvalue weighted by molar-refractivity contribution is 5.59. The number of hydrogen-bond donors (Lipinski definition) is 0. The summed E-state index contributed by atoms with van der Waals surface area (Å²) >= 11 is 0. The molecule has 0 unspecified atom stereocenters. The van der Waals surface area contributed by atoms with Crippen LogP contribution in [-0.4, -0.2) is 15.0 Å². The zero-order valence-electron chi connectivity index (χ0n) is 14.5. The number of benzene rings is 2. The van der Waals surface area contributed by atoms with Crippen LogP contribution in [0.2, 0.25) is 0 Å². The number of para-hydroxylation sites is 1. The Bertz CT molecular complexity index is 991. The SMILES string of the molecule is c1ccc(COc2cc(-c3ccc(Oc4ccccc4)nc3)ncn2)cc1. The fraction of sp³-hybridized carbons (Fsp3) is 0.0455. The van der Waals surface area contributed by atoms with E-state index in [1.165, 1.54) is 6.33 Å². The first-order valence-corrected chi connectivity index (χ1v) is 8.55. The molecule has 4 aromatic rings. The summed E-state index contributed by atoms with van der Waals surface area (Å²) in [6.45, 7) is 0.458. The number of rotatable bonds is 6. The molecule has 5 heteroatoms. The van der Waals surface area contributed by atoms with Gasteiger partial charge in [-0.05, 0) is 23.8 Å². The van der Waals surface area contributed by atoms with Crippen molar-refractivity contribution in [2.75, 3.05) is 0 Å². The molecule has 0 aliphatic carbocycles. The Labute approximate surface area is 157 Å². The van der Waals surface area contributed by atoms with E-state index in [9.17, 15) is 0 Å². The third kappa shape index (κ3) is 4.46. The first-order valence-electron chi connectivity index (χ1n) is 8.55. The molecule has 0 saturated carbocycles. The van der Waals surface area contributed by atoms with Crippen molar-refractivity contribution in [1.82, 2.24) is 15.0 Å². The summed E-state index contributed by atoms with van der Waals surface area (Å²) < 4.78 is 11.5. The minimum atomic E-state index is 0.458. The topological polar surface area (TPSA) is 57.1 Å². The Kier molecular flexibility index (Phi) is 5.02. The van der Waals surface area contributed by atoms with Crippen LogP contribution in [0.1, 0.15) is 5.56 Å². The van der Waals surface area contributed by atoms with Gasteiger partial charge in [0.1, 0.15) is 18.7 Å². The van der Waals surface area contributed by atoms with E-state index in [0.717, 1.165) is 22.6 Å². The molecule has 5 nitrogen and oxygen atoms in total. The first kappa shape index (κ1) is 16.7. The van der Waals surface area contributed by atoms with E-state index in [0.29, 0.717) is 18.4 Å². The van der Waals surface area contributed by atoms with Crippen molar-refractivity contribution in [2.24, 2.45) is 0 Å². The second kappa shape index (κ2) is 8.10. The molecule has 0 radical (unpaired) electrons. The fourth-order valence-corrected chi connectivity index (χ4v) is 2.51. The Morgan fingerprint density at radius 2 is 1.48 bits per heavy atom. The summed E-state index contributed by atoms with van der Waals surface area (Å²) in [6.07, 6.45) is 3.21. The molecule has 0 spiro atoms. The molecule has 0 fully saturated rings. The monoisotopic (exact) mass is 355 g/mol. The van der Waals surface area contributed by atoms with Gasteiger partial charge in [0.25, 0.3) is 0 Å². The lowest BCUT2D eigenvalue weighted by Crippen LogP contribution is -1.98. The van der Waals surface area contributed by atoms with Crippen LogP contribution in [0.3, 0.4) is 0 Å². The van der Waals surface area contributed by atoms with E-state index in [2.05, 4.69) is 15.0 Å². The Morgan fingerprint density at radius 1 is 0.704 bits per heavy atom. The van der Waals surface area contributed by atoms with E-state index in [1.54, 1.807) is 12.3 Å². The predicted octanol–water partition coefficient (Wildman–Crippen LogP) is 4.91.